The number of benzene rings is 8. The smallest absolute Gasteiger partial charge is 0.0541 e. The van der Waals surface area contributed by atoms with Gasteiger partial charge in [0.15, 0.2) is 0 Å². The topological polar surface area (TPSA) is 4.93 Å². The first kappa shape index (κ1) is 28.8. The molecule has 2 heteroatoms. The highest BCUT2D eigenvalue weighted by Gasteiger charge is 2.33. The summed E-state index contributed by atoms with van der Waals surface area (Å²) in [6.45, 7) is 4.75. The van der Waals surface area contributed by atoms with Gasteiger partial charge in [0.1, 0.15) is 0 Å². The predicted molar refractivity (Wildman–Crippen MR) is 220 cm³/mol. The van der Waals surface area contributed by atoms with Gasteiger partial charge >= 0.3 is 0 Å². The summed E-state index contributed by atoms with van der Waals surface area (Å²) in [4.78, 5) is 0. The van der Waals surface area contributed by atoms with Crippen LogP contribution < -0.4 is 0 Å². The molecule has 0 aliphatic heterocycles. The van der Waals surface area contributed by atoms with E-state index in [2.05, 4.69) is 182 Å². The number of rotatable bonds is 3. The van der Waals surface area contributed by atoms with Crippen molar-refractivity contribution in [3.8, 4) is 39.1 Å². The van der Waals surface area contributed by atoms with Gasteiger partial charge in [-0.3, -0.25) is 0 Å². The molecule has 0 N–H and O–H groups in total. The molecule has 10 aromatic rings. The van der Waals surface area contributed by atoms with Crippen molar-refractivity contribution in [2.24, 2.45) is 0 Å². The molecule has 240 valence electrons. The van der Waals surface area contributed by atoms with Crippen LogP contribution in [0.25, 0.3) is 91.8 Å². The molecule has 0 saturated carbocycles. The Morgan fingerprint density at radius 1 is 0.431 bits per heavy atom. The van der Waals surface area contributed by atoms with E-state index in [-0.39, 0.29) is 5.41 Å². The van der Waals surface area contributed by atoms with Gasteiger partial charge in [0, 0.05) is 42.0 Å². The third kappa shape index (κ3) is 4.03. The number of para-hydroxylation sites is 1. The van der Waals surface area contributed by atoms with Crippen LogP contribution in [0.4, 0.5) is 0 Å². The third-order valence-corrected chi connectivity index (χ3v) is 12.6. The molecule has 0 fully saturated rings. The van der Waals surface area contributed by atoms with E-state index in [1.54, 1.807) is 0 Å². The van der Waals surface area contributed by atoms with E-state index in [1.165, 1.54) is 103 Å². The van der Waals surface area contributed by atoms with Crippen LogP contribution >= 0.6 is 11.3 Å². The van der Waals surface area contributed by atoms with Gasteiger partial charge in [-0.15, -0.1) is 11.3 Å². The Morgan fingerprint density at radius 2 is 1.04 bits per heavy atom. The fraction of sp³-hybridized carbons (Fsp3) is 0.0612. The van der Waals surface area contributed by atoms with Crippen molar-refractivity contribution in [2.45, 2.75) is 19.3 Å². The molecule has 0 amide bonds. The average molecular weight is 668 g/mol. The Balaban J connectivity index is 1.17. The highest BCUT2D eigenvalue weighted by molar-refractivity contribution is 7.26. The standard InChI is InChI=1S/C49H33NS/c1-49(2)42-19-8-6-14-35(42)38-25-24-33(37-17-11-20-43(49)47(37)38)30-22-26-44-40(28-30)41-29-31(23-27-45(41)50(44)32-12-4-3-5-13-32)34-16-10-18-39-36-15-7-9-21-46(36)51-48(34)39/h3-29H,1-2H3. The molecule has 1 aliphatic rings. The van der Waals surface area contributed by atoms with Crippen LogP contribution in [0.5, 0.6) is 0 Å². The zero-order valence-corrected chi connectivity index (χ0v) is 29.3. The fourth-order valence-corrected chi connectivity index (χ4v) is 10.2. The molecule has 1 aliphatic carbocycles. The molecule has 2 heterocycles. The Labute approximate surface area is 300 Å². The summed E-state index contributed by atoms with van der Waals surface area (Å²) < 4.78 is 5.10. The number of thiophene rings is 1. The highest BCUT2D eigenvalue weighted by Crippen LogP contribution is 2.50. The zero-order valence-electron chi connectivity index (χ0n) is 28.4. The lowest BCUT2D eigenvalue weighted by molar-refractivity contribution is 0.645. The second-order valence-corrected chi connectivity index (χ2v) is 15.5. The molecule has 0 bridgehead atoms. The maximum atomic E-state index is 2.44. The summed E-state index contributed by atoms with van der Waals surface area (Å²) in [5.41, 5.74) is 14.1. The Kier molecular flexibility index (Phi) is 5.95. The van der Waals surface area contributed by atoms with E-state index in [0.717, 1.165) is 0 Å². The number of fused-ring (bicyclic) bond motifs is 8. The summed E-state index contributed by atoms with van der Waals surface area (Å²) in [7, 11) is 0. The van der Waals surface area contributed by atoms with Crippen LogP contribution in [-0.4, -0.2) is 4.57 Å². The third-order valence-electron chi connectivity index (χ3n) is 11.4. The Morgan fingerprint density at radius 3 is 1.86 bits per heavy atom. The fourth-order valence-electron chi connectivity index (χ4n) is 9.00. The van der Waals surface area contributed by atoms with Crippen molar-refractivity contribution >= 4 is 64.1 Å². The molecule has 51 heavy (non-hydrogen) atoms. The minimum atomic E-state index is -0.0809. The molecule has 11 rings (SSSR count). The van der Waals surface area contributed by atoms with Crippen LogP contribution in [0.1, 0.15) is 25.0 Å². The lowest BCUT2D eigenvalue weighted by Gasteiger charge is -2.35. The average Bonchev–Trinajstić information content (AvgIpc) is 3.72. The maximum Gasteiger partial charge on any atom is 0.0541 e. The van der Waals surface area contributed by atoms with E-state index < -0.39 is 0 Å². The first-order chi connectivity index (χ1) is 25.1. The van der Waals surface area contributed by atoms with Crippen molar-refractivity contribution in [3.05, 3.63) is 175 Å². The summed E-state index contributed by atoms with van der Waals surface area (Å²) in [6.07, 6.45) is 0. The Bertz CT molecular complexity index is 3050. The Hall–Kier alpha value is -5.96. The lowest BCUT2D eigenvalue weighted by Crippen LogP contribution is -2.23. The van der Waals surface area contributed by atoms with Crippen molar-refractivity contribution in [1.82, 2.24) is 4.57 Å². The van der Waals surface area contributed by atoms with Gasteiger partial charge in [-0.1, -0.05) is 135 Å². The molecule has 0 spiro atoms. The number of hydrogen-bond donors (Lipinski definition) is 0. The molecular weight excluding hydrogens is 635 g/mol. The normalized spacial score (nSPS) is 13.5. The van der Waals surface area contributed by atoms with E-state index in [1.807, 2.05) is 11.3 Å². The second kappa shape index (κ2) is 10.5. The quantitative estimate of drug-likeness (QED) is 0.177. The molecule has 0 radical (unpaired) electrons. The molecule has 0 unspecified atom stereocenters. The van der Waals surface area contributed by atoms with E-state index in [9.17, 15) is 0 Å². The minimum Gasteiger partial charge on any atom is -0.309 e. The van der Waals surface area contributed by atoms with E-state index in [0.29, 0.717) is 0 Å². The first-order valence-corrected chi connectivity index (χ1v) is 18.6. The van der Waals surface area contributed by atoms with Crippen molar-refractivity contribution in [2.75, 3.05) is 0 Å². The van der Waals surface area contributed by atoms with Crippen molar-refractivity contribution in [3.63, 3.8) is 0 Å². The largest absolute Gasteiger partial charge is 0.309 e. The van der Waals surface area contributed by atoms with Gasteiger partial charge < -0.3 is 4.57 Å². The zero-order chi connectivity index (χ0) is 33.8. The predicted octanol–water partition coefficient (Wildman–Crippen LogP) is 13.9. The van der Waals surface area contributed by atoms with Crippen LogP contribution in [0.15, 0.2) is 164 Å². The van der Waals surface area contributed by atoms with Gasteiger partial charge in [-0.2, -0.15) is 0 Å². The number of nitrogens with zero attached hydrogens (tertiary/aromatic N) is 1. The number of aromatic nitrogens is 1. The van der Waals surface area contributed by atoms with Gasteiger partial charge in [0.2, 0.25) is 0 Å². The summed E-state index contributed by atoms with van der Waals surface area (Å²) in [5, 5.41) is 7.89. The van der Waals surface area contributed by atoms with Crippen LogP contribution in [0.2, 0.25) is 0 Å². The first-order valence-electron chi connectivity index (χ1n) is 17.8. The number of hydrogen-bond acceptors (Lipinski definition) is 1. The van der Waals surface area contributed by atoms with Crippen LogP contribution in [0, 0.1) is 0 Å². The summed E-state index contributed by atoms with van der Waals surface area (Å²) in [6, 6.07) is 61.0. The van der Waals surface area contributed by atoms with E-state index >= 15 is 0 Å². The second-order valence-electron chi connectivity index (χ2n) is 14.5. The molecular formula is C49H33NS. The monoisotopic (exact) mass is 667 g/mol. The van der Waals surface area contributed by atoms with Gasteiger partial charge in [-0.05, 0) is 97.7 Å². The van der Waals surface area contributed by atoms with Crippen molar-refractivity contribution in [1.29, 1.82) is 0 Å². The van der Waals surface area contributed by atoms with Crippen LogP contribution in [0.3, 0.4) is 0 Å². The van der Waals surface area contributed by atoms with E-state index in [4.69, 9.17) is 0 Å². The molecule has 8 aromatic carbocycles. The lowest BCUT2D eigenvalue weighted by atomic mass is 9.68. The highest BCUT2D eigenvalue weighted by atomic mass is 32.1. The summed E-state index contributed by atoms with van der Waals surface area (Å²) >= 11 is 1.89. The molecule has 2 aromatic heterocycles. The van der Waals surface area contributed by atoms with Gasteiger partial charge in [0.25, 0.3) is 0 Å². The summed E-state index contributed by atoms with van der Waals surface area (Å²) in [5.74, 6) is 0. The SMILES string of the molecule is CC1(C)c2ccccc2-c2ccc(-c3ccc4c(c3)c3cc(-c5cccc6c5sc5ccccc56)ccc3n4-c3ccccc3)c3cccc1c23. The molecule has 1 nitrogen and oxygen atoms in total. The molecule has 0 saturated heterocycles. The molecule has 0 atom stereocenters. The minimum absolute atomic E-state index is 0.0809. The van der Waals surface area contributed by atoms with Gasteiger partial charge in [-0.25, -0.2) is 0 Å². The van der Waals surface area contributed by atoms with Crippen molar-refractivity contribution < 1.29 is 0 Å². The maximum absolute atomic E-state index is 2.44. The van der Waals surface area contributed by atoms with Gasteiger partial charge in [0.05, 0.1) is 11.0 Å². The van der Waals surface area contributed by atoms with Crippen LogP contribution in [-0.2, 0) is 5.41 Å².